The van der Waals surface area contributed by atoms with Crippen LogP contribution in [0.15, 0.2) is 35.6 Å². The monoisotopic (exact) mass is 424 g/mol. The number of benzene rings is 1. The largest absolute Gasteiger partial charge is 0.496 e. The van der Waals surface area contributed by atoms with E-state index < -0.39 is 0 Å². The van der Waals surface area contributed by atoms with Crippen LogP contribution in [0.2, 0.25) is 0 Å². The smallest absolute Gasteiger partial charge is 0.187 e. The molecule has 0 aliphatic carbocycles. The minimum absolute atomic E-state index is 0.533. The Bertz CT molecular complexity index is 1020. The predicted octanol–water partition coefficient (Wildman–Crippen LogP) is 4.18. The first kappa shape index (κ1) is 20.6. The molecule has 1 aliphatic rings. The van der Waals surface area contributed by atoms with Gasteiger partial charge in [0.05, 0.1) is 19.0 Å². The van der Waals surface area contributed by atoms with Crippen LogP contribution in [-0.2, 0) is 0 Å². The van der Waals surface area contributed by atoms with Crippen LogP contribution in [-0.4, -0.2) is 54.2 Å². The topological polar surface area (TPSA) is 78.4 Å². The Morgan fingerprint density at radius 2 is 2.07 bits per heavy atom. The lowest BCUT2D eigenvalue weighted by Gasteiger charge is -2.31. The molecule has 0 bridgehead atoms. The van der Waals surface area contributed by atoms with Crippen molar-refractivity contribution in [2.45, 2.75) is 32.7 Å². The summed E-state index contributed by atoms with van der Waals surface area (Å²) in [4.78, 5) is 12.0. The molecule has 1 saturated heterocycles. The zero-order valence-corrected chi connectivity index (χ0v) is 18.7. The predicted molar refractivity (Wildman–Crippen MR) is 124 cm³/mol. The lowest BCUT2D eigenvalue weighted by Crippen LogP contribution is -2.41. The summed E-state index contributed by atoms with van der Waals surface area (Å²) in [6.45, 7) is 6.18. The Labute approximate surface area is 181 Å². The van der Waals surface area contributed by atoms with Crippen LogP contribution < -0.4 is 15.0 Å². The molecule has 1 fully saturated rings. The molecule has 1 aromatic carbocycles. The second kappa shape index (κ2) is 8.97. The Morgan fingerprint density at radius 3 is 2.77 bits per heavy atom. The van der Waals surface area contributed by atoms with Gasteiger partial charge >= 0.3 is 0 Å². The lowest BCUT2D eigenvalue weighted by molar-refractivity contribution is 0.414. The van der Waals surface area contributed by atoms with Gasteiger partial charge in [-0.1, -0.05) is 17.4 Å². The van der Waals surface area contributed by atoms with E-state index in [1.165, 1.54) is 0 Å². The summed E-state index contributed by atoms with van der Waals surface area (Å²) in [5, 5.41) is 12.3. The zero-order valence-electron chi connectivity index (χ0n) is 17.9. The molecule has 3 heterocycles. The van der Waals surface area contributed by atoms with E-state index in [1.807, 2.05) is 26.1 Å². The van der Waals surface area contributed by atoms with E-state index in [1.54, 1.807) is 24.6 Å². The minimum atomic E-state index is 0.533. The first-order chi connectivity index (χ1) is 14.6. The number of hydrogen-bond donors (Lipinski definition) is 2. The third-order valence-corrected chi connectivity index (χ3v) is 6.75. The molecule has 0 unspecified atom stereocenters. The summed E-state index contributed by atoms with van der Waals surface area (Å²) >= 11 is 1.65. The second-order valence-electron chi connectivity index (χ2n) is 7.58. The highest BCUT2D eigenvalue weighted by molar-refractivity contribution is 7.19. The number of nitrogens with zero attached hydrogens (tertiary/aromatic N) is 4. The number of hydrogen-bond acceptors (Lipinski definition) is 7. The van der Waals surface area contributed by atoms with Crippen LogP contribution in [0.3, 0.4) is 0 Å². The number of rotatable bonds is 6. The summed E-state index contributed by atoms with van der Waals surface area (Å²) in [5.41, 5.74) is 4.93. The van der Waals surface area contributed by atoms with E-state index in [4.69, 9.17) is 14.7 Å². The van der Waals surface area contributed by atoms with Crippen molar-refractivity contribution in [3.05, 3.63) is 41.9 Å². The SMILES string of the molecule is COc1cc(-c2cn[nH]c2)ccc1/C(C)=N/c1sc(N(C)C2CCNCC2)nc1C. The van der Waals surface area contributed by atoms with Crippen molar-refractivity contribution in [2.75, 3.05) is 32.1 Å². The number of aryl methyl sites for hydroxylation is 1. The molecule has 2 N–H and O–H groups in total. The van der Waals surface area contributed by atoms with Crippen LogP contribution in [0.25, 0.3) is 11.1 Å². The van der Waals surface area contributed by atoms with Gasteiger partial charge in [-0.3, -0.25) is 5.10 Å². The fraction of sp³-hybridized carbons (Fsp3) is 0.409. The maximum Gasteiger partial charge on any atom is 0.187 e. The molecule has 3 aromatic rings. The molecule has 2 aromatic heterocycles. The van der Waals surface area contributed by atoms with E-state index >= 15 is 0 Å². The number of piperidine rings is 1. The number of anilines is 1. The van der Waals surface area contributed by atoms with E-state index in [-0.39, 0.29) is 0 Å². The number of methoxy groups -OCH3 is 1. The summed E-state index contributed by atoms with van der Waals surface area (Å²) in [6, 6.07) is 6.68. The molecule has 7 nitrogen and oxygen atoms in total. The second-order valence-corrected chi connectivity index (χ2v) is 8.53. The van der Waals surface area contributed by atoms with E-state index in [0.717, 1.165) is 69.9 Å². The van der Waals surface area contributed by atoms with Crippen LogP contribution in [0.4, 0.5) is 10.1 Å². The van der Waals surface area contributed by atoms with Crippen molar-refractivity contribution in [1.82, 2.24) is 20.5 Å². The average molecular weight is 425 g/mol. The van der Waals surface area contributed by atoms with E-state index in [9.17, 15) is 0 Å². The first-order valence-electron chi connectivity index (χ1n) is 10.2. The molecule has 0 atom stereocenters. The number of aliphatic imine (C=N–C) groups is 1. The molecule has 0 spiro atoms. The molecule has 158 valence electrons. The van der Waals surface area contributed by atoms with Gasteiger partial charge in [-0.15, -0.1) is 0 Å². The Balaban J connectivity index is 1.59. The fourth-order valence-corrected chi connectivity index (χ4v) is 4.79. The fourth-order valence-electron chi connectivity index (χ4n) is 3.77. The van der Waals surface area contributed by atoms with Crippen molar-refractivity contribution >= 4 is 27.2 Å². The number of aromatic nitrogens is 3. The number of nitrogens with one attached hydrogen (secondary N) is 2. The molecule has 4 rings (SSSR count). The number of aromatic amines is 1. The minimum Gasteiger partial charge on any atom is -0.496 e. The van der Waals surface area contributed by atoms with Crippen LogP contribution in [0.1, 0.15) is 31.0 Å². The van der Waals surface area contributed by atoms with Crippen molar-refractivity contribution in [2.24, 2.45) is 4.99 Å². The van der Waals surface area contributed by atoms with Gasteiger partial charge in [-0.2, -0.15) is 5.10 Å². The number of ether oxygens (including phenoxy) is 1. The standard InChI is InChI=1S/C22H28N6OS/c1-14(19-6-5-16(11-20(19)29-4)17-12-24-25-13-17)26-21-15(2)27-22(30-21)28(3)18-7-9-23-10-8-18/h5-6,11-13,18,23H,7-10H2,1-4H3,(H,24,25)/b26-14+. The average Bonchev–Trinajstić information content (AvgIpc) is 3.44. The highest BCUT2D eigenvalue weighted by Crippen LogP contribution is 2.35. The van der Waals surface area contributed by atoms with Crippen LogP contribution in [0.5, 0.6) is 5.75 Å². The van der Waals surface area contributed by atoms with Gasteiger partial charge in [0.15, 0.2) is 5.13 Å². The quantitative estimate of drug-likeness (QED) is 0.581. The summed E-state index contributed by atoms with van der Waals surface area (Å²) in [5.74, 6) is 0.796. The normalized spacial score (nSPS) is 15.4. The Kier molecular flexibility index (Phi) is 6.15. The molecule has 8 heteroatoms. The van der Waals surface area contributed by atoms with E-state index in [0.29, 0.717) is 6.04 Å². The molecule has 30 heavy (non-hydrogen) atoms. The van der Waals surface area contributed by atoms with Gasteiger partial charge < -0.3 is 15.0 Å². The molecule has 0 amide bonds. The molecular formula is C22H28N6OS. The Morgan fingerprint density at radius 1 is 1.27 bits per heavy atom. The molecule has 0 radical (unpaired) electrons. The van der Waals surface area contributed by atoms with Crippen LogP contribution in [0, 0.1) is 6.92 Å². The number of H-pyrrole nitrogens is 1. The summed E-state index contributed by atoms with van der Waals surface area (Å²) in [7, 11) is 3.83. The molecular weight excluding hydrogens is 396 g/mol. The highest BCUT2D eigenvalue weighted by atomic mass is 32.1. The van der Waals surface area contributed by atoms with Crippen molar-refractivity contribution in [1.29, 1.82) is 0 Å². The third-order valence-electron chi connectivity index (χ3n) is 5.61. The van der Waals surface area contributed by atoms with Gasteiger partial charge in [-0.25, -0.2) is 9.98 Å². The van der Waals surface area contributed by atoms with Gasteiger partial charge in [0, 0.05) is 36.1 Å². The molecule has 0 saturated carbocycles. The van der Waals surface area contributed by atoms with Crippen molar-refractivity contribution in [3.63, 3.8) is 0 Å². The molecule has 1 aliphatic heterocycles. The maximum atomic E-state index is 5.66. The van der Waals surface area contributed by atoms with Gasteiger partial charge in [0.1, 0.15) is 10.8 Å². The van der Waals surface area contributed by atoms with Gasteiger partial charge in [0.25, 0.3) is 0 Å². The summed E-state index contributed by atoms with van der Waals surface area (Å²) < 4.78 is 5.66. The van der Waals surface area contributed by atoms with Crippen LogP contribution >= 0.6 is 11.3 Å². The number of thiazole rings is 1. The maximum absolute atomic E-state index is 5.66. The first-order valence-corrected chi connectivity index (χ1v) is 11.0. The highest BCUT2D eigenvalue weighted by Gasteiger charge is 2.21. The van der Waals surface area contributed by atoms with Gasteiger partial charge in [0.2, 0.25) is 0 Å². The van der Waals surface area contributed by atoms with E-state index in [2.05, 4.69) is 39.6 Å². The zero-order chi connectivity index (χ0) is 21.1. The van der Waals surface area contributed by atoms with Crippen molar-refractivity contribution in [3.8, 4) is 16.9 Å². The van der Waals surface area contributed by atoms with Crippen molar-refractivity contribution < 1.29 is 4.74 Å². The Hall–Kier alpha value is -2.71. The van der Waals surface area contributed by atoms with Gasteiger partial charge in [-0.05, 0) is 57.5 Å². The summed E-state index contributed by atoms with van der Waals surface area (Å²) in [6.07, 6.45) is 5.97. The third kappa shape index (κ3) is 4.24. The lowest BCUT2D eigenvalue weighted by atomic mass is 10.0.